The predicted octanol–water partition coefficient (Wildman–Crippen LogP) is -0.904. The number of urea groups is 1. The van der Waals surface area contributed by atoms with Crippen LogP contribution in [0.4, 0.5) is 4.79 Å². The molecule has 2 fully saturated rings. The monoisotopic (exact) mass is 308 g/mol. The standard InChI is InChI=1S/C14H24N6O2/c1-9(2)8-20-10-11(18(3)14(22)17-12(10)21)16-13(20)19-6-4-15-5-7-19/h9-11,15H,4-8H2,1-3H3,(H,17,21,22). The van der Waals surface area contributed by atoms with E-state index in [0.29, 0.717) is 5.92 Å². The van der Waals surface area contributed by atoms with Crippen molar-refractivity contribution in [2.24, 2.45) is 10.9 Å². The number of fused-ring (bicyclic) bond motifs is 1. The molecule has 0 spiro atoms. The summed E-state index contributed by atoms with van der Waals surface area (Å²) in [6.07, 6.45) is -0.426. The van der Waals surface area contributed by atoms with E-state index >= 15 is 0 Å². The zero-order valence-corrected chi connectivity index (χ0v) is 13.4. The van der Waals surface area contributed by atoms with Gasteiger partial charge in [0, 0.05) is 39.8 Å². The van der Waals surface area contributed by atoms with Crippen LogP contribution < -0.4 is 10.6 Å². The summed E-state index contributed by atoms with van der Waals surface area (Å²) < 4.78 is 0. The molecular weight excluding hydrogens is 284 g/mol. The maximum Gasteiger partial charge on any atom is 0.325 e. The number of piperazine rings is 1. The molecular formula is C14H24N6O2. The summed E-state index contributed by atoms with van der Waals surface area (Å²) in [6.45, 7) is 8.55. The number of aliphatic imine (C=N–C) groups is 1. The number of carbonyl (C=O) groups excluding carboxylic acids is 2. The van der Waals surface area contributed by atoms with Crippen LogP contribution in [0, 0.1) is 5.92 Å². The van der Waals surface area contributed by atoms with Gasteiger partial charge in [-0.2, -0.15) is 0 Å². The van der Waals surface area contributed by atoms with Crippen molar-refractivity contribution >= 4 is 17.9 Å². The molecule has 2 N–H and O–H groups in total. The number of amides is 3. The van der Waals surface area contributed by atoms with Crippen LogP contribution in [0.15, 0.2) is 4.99 Å². The van der Waals surface area contributed by atoms with Crippen molar-refractivity contribution < 1.29 is 9.59 Å². The van der Waals surface area contributed by atoms with Gasteiger partial charge < -0.3 is 20.0 Å². The number of hydrogen-bond donors (Lipinski definition) is 2. The lowest BCUT2D eigenvalue weighted by atomic mass is 10.1. The smallest absolute Gasteiger partial charge is 0.325 e. The fourth-order valence-electron chi connectivity index (χ4n) is 3.23. The van der Waals surface area contributed by atoms with Gasteiger partial charge in [0.2, 0.25) is 0 Å². The first-order valence-electron chi connectivity index (χ1n) is 7.87. The van der Waals surface area contributed by atoms with E-state index < -0.39 is 12.2 Å². The normalized spacial score (nSPS) is 28.9. The molecule has 8 nitrogen and oxygen atoms in total. The predicted molar refractivity (Wildman–Crippen MR) is 82.3 cm³/mol. The summed E-state index contributed by atoms with van der Waals surface area (Å²) in [6, 6.07) is -0.795. The highest BCUT2D eigenvalue weighted by Crippen LogP contribution is 2.26. The Morgan fingerprint density at radius 2 is 1.95 bits per heavy atom. The first kappa shape index (κ1) is 15.1. The zero-order valence-electron chi connectivity index (χ0n) is 13.4. The molecule has 3 amide bonds. The van der Waals surface area contributed by atoms with E-state index in [1.165, 1.54) is 4.90 Å². The number of hydrogen-bond acceptors (Lipinski definition) is 6. The number of rotatable bonds is 2. The van der Waals surface area contributed by atoms with Gasteiger partial charge in [-0.1, -0.05) is 13.8 Å². The van der Waals surface area contributed by atoms with Crippen molar-refractivity contribution in [2.45, 2.75) is 26.1 Å². The largest absolute Gasteiger partial charge is 0.340 e. The van der Waals surface area contributed by atoms with Crippen molar-refractivity contribution in [3.05, 3.63) is 0 Å². The molecule has 3 aliphatic heterocycles. The summed E-state index contributed by atoms with van der Waals surface area (Å²) in [4.78, 5) is 34.7. The Morgan fingerprint density at radius 1 is 1.27 bits per heavy atom. The first-order valence-corrected chi connectivity index (χ1v) is 7.87. The second-order valence-corrected chi connectivity index (χ2v) is 6.48. The second kappa shape index (κ2) is 5.75. The minimum atomic E-state index is -0.426. The van der Waals surface area contributed by atoms with E-state index in [9.17, 15) is 9.59 Å². The molecule has 2 saturated heterocycles. The lowest BCUT2D eigenvalue weighted by Gasteiger charge is -2.39. The van der Waals surface area contributed by atoms with Gasteiger partial charge in [0.1, 0.15) is 0 Å². The van der Waals surface area contributed by atoms with Crippen LogP contribution in [-0.4, -0.2) is 84.6 Å². The van der Waals surface area contributed by atoms with Gasteiger partial charge in [0.05, 0.1) is 0 Å². The van der Waals surface area contributed by atoms with Gasteiger partial charge in [-0.05, 0) is 5.92 Å². The summed E-state index contributed by atoms with van der Waals surface area (Å²) in [5.41, 5.74) is 0. The Hall–Kier alpha value is -1.83. The molecule has 0 aromatic rings. The van der Waals surface area contributed by atoms with Gasteiger partial charge in [-0.25, -0.2) is 9.79 Å². The summed E-state index contributed by atoms with van der Waals surface area (Å²) in [5, 5.41) is 5.75. The molecule has 122 valence electrons. The van der Waals surface area contributed by atoms with Gasteiger partial charge >= 0.3 is 6.03 Å². The summed E-state index contributed by atoms with van der Waals surface area (Å²) in [7, 11) is 1.69. The lowest BCUT2D eigenvalue weighted by Crippen LogP contribution is -2.65. The molecule has 0 bridgehead atoms. The Balaban J connectivity index is 1.91. The van der Waals surface area contributed by atoms with Crippen LogP contribution in [0.25, 0.3) is 0 Å². The van der Waals surface area contributed by atoms with Crippen LogP contribution >= 0.6 is 0 Å². The quantitative estimate of drug-likeness (QED) is 0.691. The van der Waals surface area contributed by atoms with Crippen LogP contribution in [0.1, 0.15) is 13.8 Å². The van der Waals surface area contributed by atoms with Crippen molar-refractivity contribution in [1.82, 2.24) is 25.3 Å². The Kier molecular flexibility index (Phi) is 3.94. The summed E-state index contributed by atoms with van der Waals surface area (Å²) in [5.74, 6) is 1.01. The van der Waals surface area contributed by atoms with Crippen molar-refractivity contribution in [3.8, 4) is 0 Å². The third-order valence-corrected chi connectivity index (χ3v) is 4.30. The number of carbonyl (C=O) groups is 2. The molecule has 0 aromatic carbocycles. The van der Waals surface area contributed by atoms with Gasteiger partial charge in [0.15, 0.2) is 18.2 Å². The minimum Gasteiger partial charge on any atom is -0.340 e. The maximum atomic E-state index is 12.3. The topological polar surface area (TPSA) is 80.3 Å². The van der Waals surface area contributed by atoms with E-state index in [1.54, 1.807) is 7.05 Å². The molecule has 22 heavy (non-hydrogen) atoms. The highest BCUT2D eigenvalue weighted by Gasteiger charge is 2.49. The van der Waals surface area contributed by atoms with Gasteiger partial charge in [-0.3, -0.25) is 10.1 Å². The third kappa shape index (κ3) is 2.51. The molecule has 0 radical (unpaired) electrons. The van der Waals surface area contributed by atoms with E-state index in [1.807, 2.05) is 0 Å². The van der Waals surface area contributed by atoms with Crippen LogP contribution in [0.5, 0.6) is 0 Å². The third-order valence-electron chi connectivity index (χ3n) is 4.30. The molecule has 3 heterocycles. The first-order chi connectivity index (χ1) is 10.5. The molecule has 2 atom stereocenters. The van der Waals surface area contributed by atoms with Crippen molar-refractivity contribution in [1.29, 1.82) is 0 Å². The Morgan fingerprint density at radius 3 is 2.59 bits per heavy atom. The molecule has 8 heteroatoms. The Bertz CT molecular complexity index is 500. The van der Waals surface area contributed by atoms with E-state index in [-0.39, 0.29) is 11.9 Å². The van der Waals surface area contributed by atoms with Crippen LogP contribution in [0.2, 0.25) is 0 Å². The highest BCUT2D eigenvalue weighted by atomic mass is 16.2. The summed E-state index contributed by atoms with van der Waals surface area (Å²) >= 11 is 0. The minimum absolute atomic E-state index is 0.248. The van der Waals surface area contributed by atoms with E-state index in [2.05, 4.69) is 34.3 Å². The average molecular weight is 308 g/mol. The Labute approximate surface area is 130 Å². The fourth-order valence-corrected chi connectivity index (χ4v) is 3.23. The van der Waals surface area contributed by atoms with E-state index in [0.717, 1.165) is 38.7 Å². The SMILES string of the molecule is CC(C)CN1C(N2CCNCC2)=NC2C1C(=O)NC(=O)N2C. The number of guanidine groups is 1. The molecule has 0 aliphatic carbocycles. The van der Waals surface area contributed by atoms with Gasteiger partial charge in [0.25, 0.3) is 5.91 Å². The lowest BCUT2D eigenvalue weighted by molar-refractivity contribution is -0.127. The molecule has 0 saturated carbocycles. The average Bonchev–Trinajstić information content (AvgIpc) is 2.85. The molecule has 0 aromatic heterocycles. The molecule has 2 unspecified atom stereocenters. The van der Waals surface area contributed by atoms with Crippen molar-refractivity contribution in [3.63, 3.8) is 0 Å². The number of imide groups is 1. The van der Waals surface area contributed by atoms with E-state index in [4.69, 9.17) is 4.99 Å². The second-order valence-electron chi connectivity index (χ2n) is 6.48. The fraction of sp³-hybridized carbons (Fsp3) is 0.786. The highest BCUT2D eigenvalue weighted by molar-refractivity contribution is 6.03. The maximum absolute atomic E-state index is 12.3. The van der Waals surface area contributed by atoms with Crippen LogP contribution in [0.3, 0.4) is 0 Å². The number of nitrogens with zero attached hydrogens (tertiary/aromatic N) is 4. The number of likely N-dealkylation sites (N-methyl/N-ethyl adjacent to an activating group) is 1. The zero-order chi connectivity index (χ0) is 15.9. The van der Waals surface area contributed by atoms with Gasteiger partial charge in [-0.15, -0.1) is 0 Å². The van der Waals surface area contributed by atoms with Crippen molar-refractivity contribution in [2.75, 3.05) is 39.8 Å². The molecule has 3 aliphatic rings. The molecule has 3 rings (SSSR count). The van der Waals surface area contributed by atoms with Crippen LogP contribution in [-0.2, 0) is 4.79 Å². The number of nitrogens with one attached hydrogen (secondary N) is 2.